The average molecular weight is 359 g/mol. The van der Waals surface area contributed by atoms with Gasteiger partial charge in [-0.3, -0.25) is 4.79 Å². The van der Waals surface area contributed by atoms with Gasteiger partial charge < -0.3 is 14.6 Å². The van der Waals surface area contributed by atoms with Crippen molar-refractivity contribution >= 4 is 16.8 Å². The highest BCUT2D eigenvalue weighted by atomic mass is 16.5. The zero-order valence-corrected chi connectivity index (χ0v) is 15.5. The SMILES string of the molecule is CCn1c(-c2ccc(C(=O)NC3CC3)cc2)c(C#N)c2ccc(OC)cc21. The monoisotopic (exact) mass is 359 g/mol. The third-order valence-electron chi connectivity index (χ3n) is 5.03. The fourth-order valence-electron chi connectivity index (χ4n) is 3.47. The first-order valence-corrected chi connectivity index (χ1v) is 9.18. The van der Waals surface area contributed by atoms with Crippen LogP contribution in [0.3, 0.4) is 0 Å². The van der Waals surface area contributed by atoms with Crippen molar-refractivity contribution in [2.75, 3.05) is 7.11 Å². The van der Waals surface area contributed by atoms with Crippen LogP contribution in [0.1, 0.15) is 35.7 Å². The number of carbonyl (C=O) groups is 1. The van der Waals surface area contributed by atoms with E-state index in [-0.39, 0.29) is 5.91 Å². The Labute approximate surface area is 158 Å². The molecule has 1 aliphatic rings. The molecular weight excluding hydrogens is 338 g/mol. The summed E-state index contributed by atoms with van der Waals surface area (Å²) in [5.74, 6) is 0.725. The van der Waals surface area contributed by atoms with Crippen molar-refractivity contribution in [1.82, 2.24) is 9.88 Å². The Balaban J connectivity index is 1.80. The van der Waals surface area contributed by atoms with E-state index >= 15 is 0 Å². The zero-order valence-electron chi connectivity index (χ0n) is 15.5. The Morgan fingerprint density at radius 3 is 2.59 bits per heavy atom. The Kier molecular flexibility index (Phi) is 4.33. The molecule has 1 aliphatic carbocycles. The van der Waals surface area contributed by atoms with Gasteiger partial charge in [-0.05, 0) is 49.6 Å². The fourth-order valence-corrected chi connectivity index (χ4v) is 3.47. The number of aryl methyl sites for hydroxylation is 1. The highest BCUT2D eigenvalue weighted by molar-refractivity contribution is 5.97. The van der Waals surface area contributed by atoms with E-state index in [0.29, 0.717) is 17.2 Å². The van der Waals surface area contributed by atoms with E-state index in [2.05, 4.69) is 22.9 Å². The predicted molar refractivity (Wildman–Crippen MR) is 105 cm³/mol. The van der Waals surface area contributed by atoms with Gasteiger partial charge in [0.2, 0.25) is 0 Å². The minimum Gasteiger partial charge on any atom is -0.497 e. The lowest BCUT2D eigenvalue weighted by Crippen LogP contribution is -2.25. The highest BCUT2D eigenvalue weighted by Gasteiger charge is 2.24. The van der Waals surface area contributed by atoms with Crippen LogP contribution in [0, 0.1) is 11.3 Å². The molecule has 1 aromatic heterocycles. The summed E-state index contributed by atoms with van der Waals surface area (Å²) in [6.07, 6.45) is 2.13. The molecule has 27 heavy (non-hydrogen) atoms. The summed E-state index contributed by atoms with van der Waals surface area (Å²) >= 11 is 0. The average Bonchev–Trinajstić information content (AvgIpc) is 3.46. The molecule has 0 atom stereocenters. The molecule has 0 radical (unpaired) electrons. The fraction of sp³-hybridized carbons (Fsp3) is 0.273. The van der Waals surface area contributed by atoms with Crippen molar-refractivity contribution in [2.45, 2.75) is 32.4 Å². The second kappa shape index (κ2) is 6.81. The lowest BCUT2D eigenvalue weighted by atomic mass is 10.0. The summed E-state index contributed by atoms with van der Waals surface area (Å²) in [6.45, 7) is 2.78. The number of nitrogens with one attached hydrogen (secondary N) is 1. The minimum absolute atomic E-state index is 0.0367. The molecule has 0 bridgehead atoms. The molecule has 3 aromatic rings. The van der Waals surface area contributed by atoms with Gasteiger partial charge in [0.1, 0.15) is 11.8 Å². The number of fused-ring (bicyclic) bond motifs is 1. The van der Waals surface area contributed by atoms with Crippen molar-refractivity contribution in [3.63, 3.8) is 0 Å². The molecule has 1 amide bonds. The molecule has 5 nitrogen and oxygen atoms in total. The van der Waals surface area contributed by atoms with Crippen LogP contribution < -0.4 is 10.1 Å². The molecule has 0 aliphatic heterocycles. The first kappa shape index (κ1) is 17.2. The summed E-state index contributed by atoms with van der Waals surface area (Å²) in [4.78, 5) is 12.2. The van der Waals surface area contributed by atoms with Gasteiger partial charge in [0, 0.05) is 29.6 Å². The van der Waals surface area contributed by atoms with Gasteiger partial charge >= 0.3 is 0 Å². The molecule has 0 unspecified atom stereocenters. The van der Waals surface area contributed by atoms with Crippen LogP contribution in [0.4, 0.5) is 0 Å². The second-order valence-corrected chi connectivity index (χ2v) is 6.79. The minimum atomic E-state index is -0.0367. The van der Waals surface area contributed by atoms with E-state index in [4.69, 9.17) is 4.74 Å². The maximum Gasteiger partial charge on any atom is 0.251 e. The lowest BCUT2D eigenvalue weighted by molar-refractivity contribution is 0.0951. The molecule has 1 N–H and O–H groups in total. The van der Waals surface area contributed by atoms with Crippen molar-refractivity contribution in [3.05, 3.63) is 53.6 Å². The lowest BCUT2D eigenvalue weighted by Gasteiger charge is -2.10. The summed E-state index contributed by atoms with van der Waals surface area (Å²) in [5.41, 5.74) is 4.05. The molecule has 136 valence electrons. The number of carbonyl (C=O) groups excluding carboxylic acids is 1. The number of benzene rings is 2. The van der Waals surface area contributed by atoms with E-state index in [1.54, 1.807) is 7.11 Å². The summed E-state index contributed by atoms with van der Waals surface area (Å²) < 4.78 is 7.47. The zero-order chi connectivity index (χ0) is 19.0. The van der Waals surface area contributed by atoms with Gasteiger partial charge in [-0.2, -0.15) is 5.26 Å². The summed E-state index contributed by atoms with van der Waals surface area (Å²) in [5, 5.41) is 13.7. The van der Waals surface area contributed by atoms with E-state index in [1.807, 2.05) is 42.5 Å². The number of hydrogen-bond acceptors (Lipinski definition) is 3. The van der Waals surface area contributed by atoms with Crippen LogP contribution in [0.25, 0.3) is 22.2 Å². The van der Waals surface area contributed by atoms with Crippen molar-refractivity contribution in [2.24, 2.45) is 0 Å². The number of rotatable bonds is 5. The standard InChI is InChI=1S/C22H21N3O2/c1-3-25-20-12-17(27-2)10-11-18(20)19(13-23)21(25)14-4-6-15(7-5-14)22(26)24-16-8-9-16/h4-7,10-12,16H,3,8-9H2,1-2H3,(H,24,26). The number of ether oxygens (including phenoxy) is 1. The largest absolute Gasteiger partial charge is 0.497 e. The topological polar surface area (TPSA) is 67.0 Å². The number of nitrogens with zero attached hydrogens (tertiary/aromatic N) is 2. The Bertz CT molecular complexity index is 1050. The number of amides is 1. The summed E-state index contributed by atoms with van der Waals surface area (Å²) in [6, 6.07) is 15.9. The molecule has 1 fully saturated rings. The van der Waals surface area contributed by atoms with Crippen LogP contribution in [-0.2, 0) is 6.54 Å². The number of methoxy groups -OCH3 is 1. The predicted octanol–water partition coefficient (Wildman–Crippen LogP) is 4.10. The molecule has 5 heteroatoms. The van der Waals surface area contributed by atoms with Crippen LogP contribution >= 0.6 is 0 Å². The van der Waals surface area contributed by atoms with E-state index < -0.39 is 0 Å². The van der Waals surface area contributed by atoms with Gasteiger partial charge in [0.25, 0.3) is 5.91 Å². The first-order valence-electron chi connectivity index (χ1n) is 9.18. The van der Waals surface area contributed by atoms with E-state index in [9.17, 15) is 10.1 Å². The molecule has 0 spiro atoms. The Morgan fingerprint density at radius 1 is 1.26 bits per heavy atom. The maximum atomic E-state index is 12.2. The second-order valence-electron chi connectivity index (χ2n) is 6.79. The molecule has 0 saturated heterocycles. The summed E-state index contributed by atoms with van der Waals surface area (Å²) in [7, 11) is 1.64. The van der Waals surface area contributed by atoms with Gasteiger partial charge in [0.15, 0.2) is 0 Å². The van der Waals surface area contributed by atoms with Crippen LogP contribution in [0.2, 0.25) is 0 Å². The maximum absolute atomic E-state index is 12.2. The van der Waals surface area contributed by atoms with Gasteiger partial charge in [-0.1, -0.05) is 12.1 Å². The molecule has 4 rings (SSSR count). The third kappa shape index (κ3) is 3.04. The van der Waals surface area contributed by atoms with Crippen molar-refractivity contribution < 1.29 is 9.53 Å². The molecule has 1 saturated carbocycles. The van der Waals surface area contributed by atoms with E-state index in [1.165, 1.54) is 0 Å². The van der Waals surface area contributed by atoms with Crippen LogP contribution in [0.5, 0.6) is 5.75 Å². The first-order chi connectivity index (χ1) is 13.2. The normalized spacial score (nSPS) is 13.4. The quantitative estimate of drug-likeness (QED) is 0.746. The number of aromatic nitrogens is 1. The van der Waals surface area contributed by atoms with Gasteiger partial charge in [-0.15, -0.1) is 0 Å². The Morgan fingerprint density at radius 2 is 2.00 bits per heavy atom. The third-order valence-corrected chi connectivity index (χ3v) is 5.03. The van der Waals surface area contributed by atoms with Crippen LogP contribution in [0.15, 0.2) is 42.5 Å². The number of nitriles is 1. The molecule has 2 aromatic carbocycles. The number of hydrogen-bond donors (Lipinski definition) is 1. The van der Waals surface area contributed by atoms with Crippen LogP contribution in [-0.4, -0.2) is 23.6 Å². The Hall–Kier alpha value is -3.26. The molecular formula is C22H21N3O2. The van der Waals surface area contributed by atoms with Crippen molar-refractivity contribution in [3.8, 4) is 23.1 Å². The molecule has 1 heterocycles. The van der Waals surface area contributed by atoms with Gasteiger partial charge in [0.05, 0.1) is 23.9 Å². The smallest absolute Gasteiger partial charge is 0.251 e. The highest BCUT2D eigenvalue weighted by Crippen LogP contribution is 2.35. The van der Waals surface area contributed by atoms with E-state index in [0.717, 1.165) is 47.3 Å². The van der Waals surface area contributed by atoms with Gasteiger partial charge in [-0.25, -0.2) is 0 Å². The van der Waals surface area contributed by atoms with Crippen molar-refractivity contribution in [1.29, 1.82) is 5.26 Å².